The molecule has 1 aliphatic rings. The molecule has 0 aliphatic heterocycles. The Morgan fingerprint density at radius 1 is 0.939 bits per heavy atom. The van der Waals surface area contributed by atoms with Crippen molar-refractivity contribution in [3.05, 3.63) is 74.3 Å². The van der Waals surface area contributed by atoms with Crippen LogP contribution in [-0.2, 0) is 6.18 Å². The average Bonchev–Trinajstić information content (AvgIpc) is 2.70. The Balaban J connectivity index is 1.88. The second-order valence-electron chi connectivity index (χ2n) is 7.42. The lowest BCUT2D eigenvalue weighted by Crippen LogP contribution is -2.28. The average molecular weight is 477 g/mol. The number of alkyl halides is 3. The highest BCUT2D eigenvalue weighted by molar-refractivity contribution is 5.98. The zero-order chi connectivity index (χ0) is 24.2. The maximum atomic E-state index is 13.9. The number of hydrogen-bond donors (Lipinski definition) is 1. The van der Waals surface area contributed by atoms with Gasteiger partial charge in [0.1, 0.15) is 5.56 Å². The van der Waals surface area contributed by atoms with Crippen LogP contribution in [0.3, 0.4) is 0 Å². The van der Waals surface area contributed by atoms with Crippen molar-refractivity contribution in [3.8, 4) is 5.75 Å². The number of aromatic nitrogens is 1. The van der Waals surface area contributed by atoms with Gasteiger partial charge in [0.25, 0.3) is 5.56 Å². The largest absolute Gasteiger partial charge is 0.418 e. The van der Waals surface area contributed by atoms with E-state index in [0.29, 0.717) is 5.56 Å². The highest BCUT2D eigenvalue weighted by Gasteiger charge is 2.41. The molecule has 0 radical (unpaired) electrons. The number of esters is 1. The van der Waals surface area contributed by atoms with Gasteiger partial charge in [0, 0.05) is 10.9 Å². The summed E-state index contributed by atoms with van der Waals surface area (Å²) >= 11 is 0. The quantitative estimate of drug-likeness (QED) is 0.172. The molecule has 1 aliphatic carbocycles. The van der Waals surface area contributed by atoms with Crippen molar-refractivity contribution in [2.45, 2.75) is 31.4 Å². The Labute approximate surface area is 178 Å². The second-order valence-corrected chi connectivity index (χ2v) is 7.42. The summed E-state index contributed by atoms with van der Waals surface area (Å²) in [6, 6.07) is 3.74. The minimum absolute atomic E-state index is 0.103. The number of carbonyl (C=O) groups is 1. The predicted octanol–water partition coefficient (Wildman–Crippen LogP) is 5.73. The zero-order valence-corrected chi connectivity index (χ0v) is 16.2. The van der Waals surface area contributed by atoms with Crippen molar-refractivity contribution in [1.29, 1.82) is 0 Å². The third-order valence-electron chi connectivity index (χ3n) is 5.47. The molecule has 1 heterocycles. The van der Waals surface area contributed by atoms with Crippen LogP contribution in [-0.4, -0.2) is 11.0 Å². The third kappa shape index (κ3) is 3.72. The van der Waals surface area contributed by atoms with Crippen LogP contribution in [0.4, 0.5) is 35.1 Å². The number of hydrogen-bond acceptors (Lipinski definition) is 3. The zero-order valence-electron chi connectivity index (χ0n) is 16.2. The molecule has 2 aromatic carbocycles. The highest BCUT2D eigenvalue weighted by atomic mass is 19.4. The molecule has 174 valence electrons. The van der Waals surface area contributed by atoms with Gasteiger partial charge < -0.3 is 9.72 Å². The first kappa shape index (κ1) is 22.7. The lowest BCUT2D eigenvalue weighted by Gasteiger charge is -2.26. The van der Waals surface area contributed by atoms with Crippen molar-refractivity contribution in [1.82, 2.24) is 4.98 Å². The van der Waals surface area contributed by atoms with Gasteiger partial charge >= 0.3 is 12.1 Å². The lowest BCUT2D eigenvalue weighted by atomic mass is 9.79. The number of aromatic amines is 1. The number of pyridine rings is 1. The molecule has 12 heteroatoms. The molecule has 4 rings (SSSR count). The molecule has 0 amide bonds. The summed E-state index contributed by atoms with van der Waals surface area (Å²) in [7, 11) is 0. The number of halogens is 8. The van der Waals surface area contributed by atoms with Crippen molar-refractivity contribution in [3.63, 3.8) is 0 Å². The summed E-state index contributed by atoms with van der Waals surface area (Å²) in [4.78, 5) is 26.9. The van der Waals surface area contributed by atoms with Crippen LogP contribution in [0.1, 0.15) is 46.7 Å². The molecule has 1 aromatic heterocycles. The van der Waals surface area contributed by atoms with E-state index >= 15 is 0 Å². The Hall–Kier alpha value is -3.44. The smallest absolute Gasteiger partial charge is 0.416 e. The fraction of sp³-hybridized carbons (Fsp3) is 0.238. The molecule has 33 heavy (non-hydrogen) atoms. The molecule has 0 bridgehead atoms. The van der Waals surface area contributed by atoms with Gasteiger partial charge in [-0.1, -0.05) is 18.6 Å². The van der Waals surface area contributed by atoms with Crippen LogP contribution < -0.4 is 10.3 Å². The third-order valence-corrected chi connectivity index (χ3v) is 5.47. The van der Waals surface area contributed by atoms with E-state index < -0.39 is 69.1 Å². The van der Waals surface area contributed by atoms with Gasteiger partial charge in [0.05, 0.1) is 5.56 Å². The Kier molecular flexibility index (Phi) is 5.41. The van der Waals surface area contributed by atoms with E-state index in [2.05, 4.69) is 9.72 Å². The number of H-pyrrole nitrogens is 1. The van der Waals surface area contributed by atoms with Crippen LogP contribution in [0.5, 0.6) is 5.75 Å². The highest BCUT2D eigenvalue weighted by Crippen LogP contribution is 2.40. The molecule has 0 spiro atoms. The summed E-state index contributed by atoms with van der Waals surface area (Å²) in [5.41, 5.74) is -4.65. The topological polar surface area (TPSA) is 59.2 Å². The van der Waals surface area contributed by atoms with Gasteiger partial charge in [-0.25, -0.2) is 18.0 Å². The summed E-state index contributed by atoms with van der Waals surface area (Å²) in [6.07, 6.45) is -2.74. The number of rotatable bonds is 3. The first-order valence-corrected chi connectivity index (χ1v) is 9.42. The van der Waals surface area contributed by atoms with Crippen LogP contribution in [0.2, 0.25) is 0 Å². The minimum Gasteiger partial charge on any atom is -0.416 e. The minimum atomic E-state index is -5.31. The van der Waals surface area contributed by atoms with Crippen molar-refractivity contribution in [2.24, 2.45) is 0 Å². The monoisotopic (exact) mass is 477 g/mol. The normalized spacial score (nSPS) is 14.4. The Morgan fingerprint density at radius 2 is 1.52 bits per heavy atom. The fourth-order valence-electron chi connectivity index (χ4n) is 3.62. The number of carbonyl (C=O) groups excluding carboxylic acids is 1. The van der Waals surface area contributed by atoms with Gasteiger partial charge in [-0.3, -0.25) is 4.79 Å². The van der Waals surface area contributed by atoms with Crippen LogP contribution in [0.15, 0.2) is 23.0 Å². The maximum absolute atomic E-state index is 13.9. The van der Waals surface area contributed by atoms with E-state index in [1.165, 1.54) is 12.1 Å². The van der Waals surface area contributed by atoms with Gasteiger partial charge in [0.2, 0.25) is 34.8 Å². The predicted molar refractivity (Wildman–Crippen MR) is 97.4 cm³/mol. The van der Waals surface area contributed by atoms with Crippen LogP contribution >= 0.6 is 0 Å². The number of nitrogens with one attached hydrogen (secondary N) is 1. The van der Waals surface area contributed by atoms with Crippen molar-refractivity contribution in [2.75, 3.05) is 0 Å². The van der Waals surface area contributed by atoms with Gasteiger partial charge in [-0.2, -0.15) is 22.0 Å². The first-order valence-electron chi connectivity index (χ1n) is 9.42. The SMILES string of the molecule is O=C(Oc1c(F)c(F)c(F)c(F)c1F)c1c(C(F)(F)F)c2ccc(C3CCC3)cc2[nH]c1=O. The number of fused-ring (bicyclic) bond motifs is 1. The molecular weight excluding hydrogens is 466 g/mol. The van der Waals surface area contributed by atoms with Crippen LogP contribution in [0, 0.1) is 29.1 Å². The molecule has 4 nitrogen and oxygen atoms in total. The molecule has 3 aromatic rings. The summed E-state index contributed by atoms with van der Waals surface area (Å²) < 4.78 is 113. The molecule has 0 atom stereocenters. The molecule has 0 saturated heterocycles. The molecule has 1 saturated carbocycles. The number of ether oxygens (including phenoxy) is 1. The molecule has 0 unspecified atom stereocenters. The maximum Gasteiger partial charge on any atom is 0.418 e. The van der Waals surface area contributed by atoms with Gasteiger partial charge in [0.15, 0.2) is 0 Å². The van der Waals surface area contributed by atoms with E-state index in [-0.39, 0.29) is 11.4 Å². The summed E-state index contributed by atoms with van der Waals surface area (Å²) in [5, 5.41) is -0.616. The second kappa shape index (κ2) is 7.85. The molecular formula is C21H11F8NO3. The molecule has 1 fully saturated rings. The first-order chi connectivity index (χ1) is 15.4. The lowest BCUT2D eigenvalue weighted by molar-refractivity contribution is -0.136. The van der Waals surface area contributed by atoms with Crippen molar-refractivity contribution >= 4 is 16.9 Å². The Bertz CT molecular complexity index is 1330. The summed E-state index contributed by atoms with van der Waals surface area (Å²) in [5.74, 6) is -17.0. The van der Waals surface area contributed by atoms with E-state index in [1.807, 2.05) is 0 Å². The van der Waals surface area contributed by atoms with Crippen molar-refractivity contribution < 1.29 is 44.7 Å². The van der Waals surface area contributed by atoms with Crippen LogP contribution in [0.25, 0.3) is 10.9 Å². The van der Waals surface area contributed by atoms with E-state index in [9.17, 15) is 44.7 Å². The van der Waals surface area contributed by atoms with E-state index in [1.54, 1.807) is 0 Å². The fourth-order valence-corrected chi connectivity index (χ4v) is 3.62. The van der Waals surface area contributed by atoms with E-state index in [0.717, 1.165) is 25.3 Å². The Morgan fingerprint density at radius 3 is 2.03 bits per heavy atom. The van der Waals surface area contributed by atoms with Gasteiger partial charge in [-0.05, 0) is 30.4 Å². The van der Waals surface area contributed by atoms with E-state index in [4.69, 9.17) is 0 Å². The standard InChI is InChI=1S/C21H11F8NO3/c22-13-14(23)16(25)18(17(26)15(13)24)33-20(32)11-12(21(27,28)29)9-5-4-8(7-2-1-3-7)6-10(9)30-19(11)31/h4-7H,1-3H2,(H,30,31). The number of benzene rings is 2. The molecule has 1 N–H and O–H groups in total. The van der Waals surface area contributed by atoms with Gasteiger partial charge in [-0.15, -0.1) is 0 Å². The summed E-state index contributed by atoms with van der Waals surface area (Å²) in [6.45, 7) is 0.